The first-order chi connectivity index (χ1) is 15.7. The van der Waals surface area contributed by atoms with Crippen LogP contribution in [0, 0.1) is 0 Å². The average Bonchev–Trinajstić information content (AvgIpc) is 2.85. The molecule has 0 aliphatic heterocycles. The fourth-order valence-electron chi connectivity index (χ4n) is 3.23. The molecule has 0 atom stereocenters. The molecule has 1 amide bonds. The highest BCUT2D eigenvalue weighted by atomic mass is 32.2. The number of rotatable bonds is 7. The van der Waals surface area contributed by atoms with Gasteiger partial charge in [0.1, 0.15) is 5.75 Å². The fourth-order valence-corrected chi connectivity index (χ4v) is 4.15. The van der Waals surface area contributed by atoms with Crippen LogP contribution in [-0.2, 0) is 4.79 Å². The number of hydrogen-bond acceptors (Lipinski definition) is 3. The number of hydrogen-bond donors (Lipinski definition) is 1. The Morgan fingerprint density at radius 3 is 2.09 bits per heavy atom. The van der Waals surface area contributed by atoms with Crippen molar-refractivity contribution in [3.63, 3.8) is 0 Å². The number of methoxy groups -OCH3 is 1. The highest BCUT2D eigenvalue weighted by Gasteiger charge is 2.15. The van der Waals surface area contributed by atoms with Crippen LogP contribution in [0.1, 0.15) is 11.1 Å². The second-order valence-corrected chi connectivity index (χ2v) is 8.18. The Hall–Kier alpha value is -3.76. The molecule has 4 aromatic rings. The van der Waals surface area contributed by atoms with E-state index in [2.05, 4.69) is 17.4 Å². The molecular formula is C28H23NO2S. The lowest BCUT2D eigenvalue weighted by atomic mass is 10.0. The third-order valence-electron chi connectivity index (χ3n) is 4.86. The molecule has 1 N–H and O–H groups in total. The number of para-hydroxylation sites is 1. The van der Waals surface area contributed by atoms with Gasteiger partial charge >= 0.3 is 0 Å². The first-order valence-electron chi connectivity index (χ1n) is 10.3. The molecule has 0 aliphatic rings. The van der Waals surface area contributed by atoms with Gasteiger partial charge in [-0.3, -0.25) is 4.79 Å². The Balaban J connectivity index is 1.64. The van der Waals surface area contributed by atoms with E-state index in [0.29, 0.717) is 5.57 Å². The van der Waals surface area contributed by atoms with Gasteiger partial charge in [-0.2, -0.15) is 0 Å². The van der Waals surface area contributed by atoms with Gasteiger partial charge in [0, 0.05) is 15.4 Å². The summed E-state index contributed by atoms with van der Waals surface area (Å²) >= 11 is 1.62. The maximum absolute atomic E-state index is 13.4. The van der Waals surface area contributed by atoms with Gasteiger partial charge < -0.3 is 10.1 Å². The molecule has 0 bridgehead atoms. The molecule has 3 nitrogen and oxygen atoms in total. The predicted octanol–water partition coefficient (Wildman–Crippen LogP) is 7.03. The summed E-state index contributed by atoms with van der Waals surface area (Å²) in [4.78, 5) is 15.5. The minimum Gasteiger partial charge on any atom is -0.497 e. The smallest absolute Gasteiger partial charge is 0.256 e. The van der Waals surface area contributed by atoms with Crippen LogP contribution >= 0.6 is 11.8 Å². The standard InChI is InChI=1S/C28H23NO2S/c1-31-23-18-16-21(17-19-23)20-25(22-10-4-2-5-11-22)28(30)29-26-14-8-9-15-27(26)32-24-12-6-3-7-13-24/h2-20H,1H3,(H,29,30)/b25-20+. The minimum atomic E-state index is -0.159. The Morgan fingerprint density at radius 1 is 0.781 bits per heavy atom. The molecule has 4 aromatic carbocycles. The predicted molar refractivity (Wildman–Crippen MR) is 133 cm³/mol. The normalized spacial score (nSPS) is 11.1. The van der Waals surface area contributed by atoms with Gasteiger partial charge in [0.15, 0.2) is 0 Å². The third-order valence-corrected chi connectivity index (χ3v) is 5.95. The molecule has 0 radical (unpaired) electrons. The lowest BCUT2D eigenvalue weighted by Crippen LogP contribution is -2.14. The molecule has 0 saturated heterocycles. The van der Waals surface area contributed by atoms with Gasteiger partial charge in [-0.25, -0.2) is 0 Å². The van der Waals surface area contributed by atoms with E-state index in [9.17, 15) is 4.79 Å². The van der Waals surface area contributed by atoms with Crippen molar-refractivity contribution in [2.75, 3.05) is 12.4 Å². The summed E-state index contributed by atoms with van der Waals surface area (Å²) < 4.78 is 5.24. The van der Waals surface area contributed by atoms with Crippen LogP contribution in [0.4, 0.5) is 5.69 Å². The summed E-state index contributed by atoms with van der Waals surface area (Å²) in [5.74, 6) is 0.618. The van der Waals surface area contributed by atoms with Crippen LogP contribution in [0.2, 0.25) is 0 Å². The monoisotopic (exact) mass is 437 g/mol. The lowest BCUT2D eigenvalue weighted by molar-refractivity contribution is -0.111. The van der Waals surface area contributed by atoms with Crippen LogP contribution in [0.15, 0.2) is 119 Å². The van der Waals surface area contributed by atoms with E-state index >= 15 is 0 Å². The van der Waals surface area contributed by atoms with E-state index in [-0.39, 0.29) is 5.91 Å². The van der Waals surface area contributed by atoms with Crippen molar-refractivity contribution in [1.29, 1.82) is 0 Å². The second-order valence-electron chi connectivity index (χ2n) is 7.06. The summed E-state index contributed by atoms with van der Waals surface area (Å²) in [6.45, 7) is 0. The van der Waals surface area contributed by atoms with E-state index in [1.807, 2.05) is 103 Å². The number of ether oxygens (including phenoxy) is 1. The Labute approximate surface area is 192 Å². The number of carbonyl (C=O) groups excluding carboxylic acids is 1. The maximum Gasteiger partial charge on any atom is 0.256 e. The number of anilines is 1. The van der Waals surface area contributed by atoms with Gasteiger partial charge in [0.25, 0.3) is 5.91 Å². The number of amides is 1. The molecule has 4 heteroatoms. The van der Waals surface area contributed by atoms with E-state index < -0.39 is 0 Å². The summed E-state index contributed by atoms with van der Waals surface area (Å²) in [6.07, 6.45) is 1.90. The molecule has 0 heterocycles. The van der Waals surface area contributed by atoms with E-state index in [1.165, 1.54) is 0 Å². The third kappa shape index (κ3) is 5.48. The average molecular weight is 438 g/mol. The van der Waals surface area contributed by atoms with Crippen LogP contribution in [0.25, 0.3) is 11.6 Å². The van der Waals surface area contributed by atoms with Gasteiger partial charge in [-0.05, 0) is 53.6 Å². The highest BCUT2D eigenvalue weighted by molar-refractivity contribution is 7.99. The molecule has 0 saturated carbocycles. The molecule has 32 heavy (non-hydrogen) atoms. The summed E-state index contributed by atoms with van der Waals surface area (Å²) in [5.41, 5.74) is 3.15. The van der Waals surface area contributed by atoms with Crippen LogP contribution in [0.3, 0.4) is 0 Å². The van der Waals surface area contributed by atoms with Crippen molar-refractivity contribution < 1.29 is 9.53 Å². The van der Waals surface area contributed by atoms with E-state index in [4.69, 9.17) is 4.74 Å². The Morgan fingerprint density at radius 2 is 1.41 bits per heavy atom. The molecule has 0 aliphatic carbocycles. The molecule has 0 aromatic heterocycles. The van der Waals surface area contributed by atoms with Crippen molar-refractivity contribution in [2.45, 2.75) is 9.79 Å². The number of nitrogens with one attached hydrogen (secondary N) is 1. The molecule has 0 spiro atoms. The van der Waals surface area contributed by atoms with Crippen LogP contribution in [-0.4, -0.2) is 13.0 Å². The molecule has 0 unspecified atom stereocenters. The van der Waals surface area contributed by atoms with Crippen molar-refractivity contribution in [3.05, 3.63) is 120 Å². The van der Waals surface area contributed by atoms with Crippen molar-refractivity contribution in [1.82, 2.24) is 0 Å². The zero-order valence-electron chi connectivity index (χ0n) is 17.7. The summed E-state index contributed by atoms with van der Waals surface area (Å²) in [5, 5.41) is 3.12. The number of carbonyl (C=O) groups is 1. The second kappa shape index (κ2) is 10.5. The molecular weight excluding hydrogens is 414 g/mol. The van der Waals surface area contributed by atoms with Crippen molar-refractivity contribution >= 4 is 35.0 Å². The van der Waals surface area contributed by atoms with Crippen molar-refractivity contribution in [3.8, 4) is 5.75 Å². The van der Waals surface area contributed by atoms with Crippen molar-refractivity contribution in [2.24, 2.45) is 0 Å². The van der Waals surface area contributed by atoms with Gasteiger partial charge in [-0.15, -0.1) is 0 Å². The topological polar surface area (TPSA) is 38.3 Å². The largest absolute Gasteiger partial charge is 0.497 e. The fraction of sp³-hybridized carbons (Fsp3) is 0.0357. The summed E-state index contributed by atoms with van der Waals surface area (Å²) in [7, 11) is 1.64. The van der Waals surface area contributed by atoms with Crippen LogP contribution < -0.4 is 10.1 Å². The minimum absolute atomic E-state index is 0.159. The Bertz CT molecular complexity index is 1200. The molecule has 0 fully saturated rings. The first kappa shape index (κ1) is 21.5. The van der Waals surface area contributed by atoms with Gasteiger partial charge in [0.05, 0.1) is 12.8 Å². The molecule has 4 rings (SSSR count). The lowest BCUT2D eigenvalue weighted by Gasteiger charge is -2.13. The highest BCUT2D eigenvalue weighted by Crippen LogP contribution is 2.34. The van der Waals surface area contributed by atoms with Gasteiger partial charge in [0.2, 0.25) is 0 Å². The quantitative estimate of drug-likeness (QED) is 0.249. The van der Waals surface area contributed by atoms with Crippen LogP contribution in [0.5, 0.6) is 5.75 Å². The van der Waals surface area contributed by atoms with E-state index in [1.54, 1.807) is 18.9 Å². The molecule has 158 valence electrons. The SMILES string of the molecule is COc1ccc(/C=C(/C(=O)Nc2ccccc2Sc2ccccc2)c2ccccc2)cc1. The first-order valence-corrected chi connectivity index (χ1v) is 11.1. The van der Waals surface area contributed by atoms with E-state index in [0.717, 1.165) is 32.4 Å². The maximum atomic E-state index is 13.4. The van der Waals surface area contributed by atoms with Gasteiger partial charge in [-0.1, -0.05) is 84.6 Å². The zero-order chi connectivity index (χ0) is 22.2. The summed E-state index contributed by atoms with van der Waals surface area (Å²) in [6, 6.07) is 35.3. The zero-order valence-corrected chi connectivity index (χ0v) is 18.5. The number of benzene rings is 4. The Kier molecular flexibility index (Phi) is 7.05.